The molecule has 4 amide bonds. The minimum atomic E-state index is -0.728. The molecule has 2 aliphatic rings. The molecule has 0 unspecified atom stereocenters. The average molecular weight is 385 g/mol. The van der Waals surface area contributed by atoms with Gasteiger partial charge in [0.2, 0.25) is 0 Å². The monoisotopic (exact) mass is 385 g/mol. The third-order valence-corrected chi connectivity index (χ3v) is 5.52. The Labute approximate surface area is 165 Å². The van der Waals surface area contributed by atoms with Gasteiger partial charge in [0.25, 0.3) is 11.8 Å². The lowest BCUT2D eigenvalue weighted by Gasteiger charge is -2.35. The van der Waals surface area contributed by atoms with E-state index in [0.717, 1.165) is 50.9 Å². The van der Waals surface area contributed by atoms with Gasteiger partial charge in [0.05, 0.1) is 0 Å². The predicted molar refractivity (Wildman–Crippen MR) is 107 cm³/mol. The van der Waals surface area contributed by atoms with E-state index in [1.807, 2.05) is 19.9 Å². The van der Waals surface area contributed by atoms with Gasteiger partial charge in [-0.2, -0.15) is 0 Å². The van der Waals surface area contributed by atoms with Crippen molar-refractivity contribution in [2.45, 2.75) is 52.0 Å². The van der Waals surface area contributed by atoms with E-state index in [9.17, 15) is 19.5 Å². The molecule has 1 aromatic rings. The van der Waals surface area contributed by atoms with Crippen LogP contribution < -0.4 is 10.2 Å². The molecule has 1 aliphatic heterocycles. The highest BCUT2D eigenvalue weighted by Crippen LogP contribution is 2.29. The minimum absolute atomic E-state index is 0.0152. The predicted octanol–water partition coefficient (Wildman–Crippen LogP) is 3.03. The Kier molecular flexibility index (Phi) is 6.02. The van der Waals surface area contributed by atoms with E-state index in [1.165, 1.54) is 11.0 Å². The van der Waals surface area contributed by atoms with Crippen molar-refractivity contribution in [2.75, 3.05) is 18.0 Å². The van der Waals surface area contributed by atoms with E-state index in [2.05, 4.69) is 10.2 Å². The number of hydrogen-bond donors (Lipinski definition) is 2. The largest absolute Gasteiger partial charge is 0.507 e. The molecule has 1 aliphatic carbocycles. The molecule has 1 saturated carbocycles. The maximum atomic E-state index is 12.9. The first kappa shape index (κ1) is 19.9. The van der Waals surface area contributed by atoms with Gasteiger partial charge in [-0.25, -0.2) is 4.79 Å². The lowest BCUT2D eigenvalue weighted by molar-refractivity contribution is -0.132. The number of benzene rings is 1. The summed E-state index contributed by atoms with van der Waals surface area (Å²) in [5.41, 5.74) is 1.10. The summed E-state index contributed by atoms with van der Waals surface area (Å²) in [6, 6.07) is 4.30. The summed E-state index contributed by atoms with van der Waals surface area (Å²) in [6.07, 6.45) is 5.88. The van der Waals surface area contributed by atoms with Gasteiger partial charge in [-0.15, -0.1) is 0 Å². The van der Waals surface area contributed by atoms with Crippen molar-refractivity contribution in [3.8, 4) is 5.75 Å². The molecule has 1 aromatic carbocycles. The topological polar surface area (TPSA) is 90.0 Å². The SMILES string of the molecule is CCN(CC)c1ccc(/C=C2/C(=O)NC(=O)N(C3CCCCC3)C2=O)c(O)c1. The molecule has 0 radical (unpaired) electrons. The van der Waals surface area contributed by atoms with Crippen LogP contribution in [-0.4, -0.2) is 47.0 Å². The van der Waals surface area contributed by atoms with Crippen LogP contribution in [0, 0.1) is 0 Å². The number of urea groups is 1. The number of phenolic OH excluding ortho intramolecular Hbond substituents is 1. The van der Waals surface area contributed by atoms with Crippen molar-refractivity contribution in [3.63, 3.8) is 0 Å². The molecule has 2 N–H and O–H groups in total. The smallest absolute Gasteiger partial charge is 0.331 e. The molecule has 150 valence electrons. The molecule has 28 heavy (non-hydrogen) atoms. The zero-order chi connectivity index (χ0) is 20.3. The summed E-state index contributed by atoms with van der Waals surface area (Å²) in [5.74, 6) is -1.33. The molecule has 1 saturated heterocycles. The summed E-state index contributed by atoms with van der Waals surface area (Å²) < 4.78 is 0. The molecule has 0 atom stereocenters. The highest BCUT2D eigenvalue weighted by molar-refractivity contribution is 6.31. The fraction of sp³-hybridized carbons (Fsp3) is 0.476. The van der Waals surface area contributed by atoms with Crippen molar-refractivity contribution in [1.29, 1.82) is 0 Å². The van der Waals surface area contributed by atoms with Crippen LogP contribution in [0.3, 0.4) is 0 Å². The minimum Gasteiger partial charge on any atom is -0.507 e. The van der Waals surface area contributed by atoms with E-state index in [-0.39, 0.29) is 17.4 Å². The number of carbonyl (C=O) groups is 3. The Balaban J connectivity index is 1.90. The lowest BCUT2D eigenvalue weighted by Crippen LogP contribution is -2.58. The molecule has 3 rings (SSSR count). The molecular weight excluding hydrogens is 358 g/mol. The second kappa shape index (κ2) is 8.46. The number of amides is 4. The van der Waals surface area contributed by atoms with Crippen LogP contribution in [0.15, 0.2) is 23.8 Å². The van der Waals surface area contributed by atoms with Crippen molar-refractivity contribution >= 4 is 29.6 Å². The zero-order valence-electron chi connectivity index (χ0n) is 16.4. The summed E-state index contributed by atoms with van der Waals surface area (Å²) >= 11 is 0. The number of nitrogens with zero attached hydrogens (tertiary/aromatic N) is 2. The molecule has 0 spiro atoms. The fourth-order valence-electron chi connectivity index (χ4n) is 3.94. The van der Waals surface area contributed by atoms with Crippen LogP contribution in [0.1, 0.15) is 51.5 Å². The van der Waals surface area contributed by atoms with Crippen LogP contribution >= 0.6 is 0 Å². The van der Waals surface area contributed by atoms with Gasteiger partial charge < -0.3 is 10.0 Å². The van der Waals surface area contributed by atoms with Crippen LogP contribution in [0.5, 0.6) is 5.75 Å². The van der Waals surface area contributed by atoms with Gasteiger partial charge in [0.1, 0.15) is 11.3 Å². The Bertz CT molecular complexity index is 808. The van der Waals surface area contributed by atoms with Gasteiger partial charge in [-0.1, -0.05) is 19.3 Å². The van der Waals surface area contributed by atoms with Crippen molar-refractivity contribution < 1.29 is 19.5 Å². The lowest BCUT2D eigenvalue weighted by atomic mass is 9.93. The molecule has 0 bridgehead atoms. The highest BCUT2D eigenvalue weighted by atomic mass is 16.3. The van der Waals surface area contributed by atoms with Gasteiger partial charge in [0, 0.05) is 36.4 Å². The van der Waals surface area contributed by atoms with Crippen LogP contribution in [-0.2, 0) is 9.59 Å². The van der Waals surface area contributed by atoms with E-state index in [4.69, 9.17) is 0 Å². The van der Waals surface area contributed by atoms with Gasteiger partial charge in [-0.05, 0) is 44.9 Å². The number of phenols is 1. The quantitative estimate of drug-likeness (QED) is 0.601. The van der Waals surface area contributed by atoms with Gasteiger partial charge in [-0.3, -0.25) is 19.8 Å². The number of barbiturate groups is 1. The first-order chi connectivity index (χ1) is 13.5. The zero-order valence-corrected chi connectivity index (χ0v) is 16.4. The molecule has 0 aromatic heterocycles. The third kappa shape index (κ3) is 3.88. The Morgan fingerprint density at radius 3 is 2.43 bits per heavy atom. The normalized spacial score (nSPS) is 19.9. The first-order valence-electron chi connectivity index (χ1n) is 9.94. The van der Waals surface area contributed by atoms with Crippen molar-refractivity contribution in [2.24, 2.45) is 0 Å². The second-order valence-corrected chi connectivity index (χ2v) is 7.20. The number of rotatable bonds is 5. The molecule has 7 nitrogen and oxygen atoms in total. The second-order valence-electron chi connectivity index (χ2n) is 7.20. The summed E-state index contributed by atoms with van der Waals surface area (Å²) in [7, 11) is 0. The van der Waals surface area contributed by atoms with E-state index in [0.29, 0.717) is 5.56 Å². The molecule has 7 heteroatoms. The summed E-state index contributed by atoms with van der Waals surface area (Å²) in [6.45, 7) is 5.65. The number of imide groups is 2. The van der Waals surface area contributed by atoms with E-state index < -0.39 is 17.8 Å². The Morgan fingerprint density at radius 1 is 1.14 bits per heavy atom. The average Bonchev–Trinajstić information content (AvgIpc) is 2.68. The number of hydrogen-bond acceptors (Lipinski definition) is 5. The fourth-order valence-corrected chi connectivity index (χ4v) is 3.94. The Hall–Kier alpha value is -2.83. The van der Waals surface area contributed by atoms with Gasteiger partial charge in [0.15, 0.2) is 0 Å². The van der Waals surface area contributed by atoms with E-state index >= 15 is 0 Å². The van der Waals surface area contributed by atoms with Crippen molar-refractivity contribution in [3.05, 3.63) is 29.3 Å². The number of nitrogens with one attached hydrogen (secondary N) is 1. The maximum absolute atomic E-state index is 12.9. The highest BCUT2D eigenvalue weighted by Gasteiger charge is 2.40. The molecular formula is C21H27N3O4. The van der Waals surface area contributed by atoms with E-state index in [1.54, 1.807) is 12.1 Å². The van der Waals surface area contributed by atoms with Crippen molar-refractivity contribution in [1.82, 2.24) is 10.2 Å². The summed E-state index contributed by atoms with van der Waals surface area (Å²) in [5, 5.41) is 12.7. The number of anilines is 1. The van der Waals surface area contributed by atoms with Gasteiger partial charge >= 0.3 is 6.03 Å². The first-order valence-corrected chi connectivity index (χ1v) is 9.94. The number of carbonyl (C=O) groups excluding carboxylic acids is 3. The number of aromatic hydroxyl groups is 1. The summed E-state index contributed by atoms with van der Waals surface area (Å²) in [4.78, 5) is 40.7. The maximum Gasteiger partial charge on any atom is 0.331 e. The molecule has 2 fully saturated rings. The van der Waals surface area contributed by atoms with Crippen LogP contribution in [0.2, 0.25) is 0 Å². The van der Waals surface area contributed by atoms with Crippen LogP contribution in [0.25, 0.3) is 6.08 Å². The Morgan fingerprint density at radius 2 is 1.82 bits per heavy atom. The third-order valence-electron chi connectivity index (χ3n) is 5.52. The standard InChI is InChI=1S/C21H27N3O4/c1-3-23(4-2)16-11-10-14(18(25)13-16)12-17-19(26)22-21(28)24(20(17)27)15-8-6-5-7-9-15/h10-13,15,25H,3-9H2,1-2H3,(H,22,26,28)/b17-12-. The molecule has 1 heterocycles. The van der Waals surface area contributed by atoms with Crippen LogP contribution in [0.4, 0.5) is 10.5 Å².